The Morgan fingerprint density at radius 1 is 1.62 bits per heavy atom. The maximum atomic E-state index is 12.9. The molecule has 0 fully saturated rings. The second kappa shape index (κ2) is 5.29. The zero-order valence-electron chi connectivity index (χ0n) is 8.14. The van der Waals surface area contributed by atoms with E-state index in [2.05, 4.69) is 25.7 Å². The van der Waals surface area contributed by atoms with Crippen LogP contribution in [0.2, 0.25) is 0 Å². The van der Waals surface area contributed by atoms with E-state index >= 15 is 0 Å². The molecule has 0 aliphatic carbocycles. The van der Waals surface area contributed by atoms with Gasteiger partial charge in [-0.05, 0) is 27.6 Å². The summed E-state index contributed by atoms with van der Waals surface area (Å²) in [5.74, 6) is -1.70. The molecule has 0 amide bonds. The van der Waals surface area contributed by atoms with Crippen molar-refractivity contribution in [2.75, 3.05) is 7.11 Å². The summed E-state index contributed by atoms with van der Waals surface area (Å²) in [5.41, 5.74) is -0.645. The van der Waals surface area contributed by atoms with Gasteiger partial charge in [0.2, 0.25) is 5.95 Å². The number of methoxy groups -OCH3 is 1. The molecule has 3 nitrogen and oxygen atoms in total. The molecule has 0 spiro atoms. The van der Waals surface area contributed by atoms with Gasteiger partial charge in [-0.3, -0.25) is 4.79 Å². The fourth-order valence-corrected chi connectivity index (χ4v) is 1.59. The van der Waals surface area contributed by atoms with Crippen molar-refractivity contribution in [3.8, 4) is 0 Å². The van der Waals surface area contributed by atoms with E-state index in [9.17, 15) is 18.0 Å². The van der Waals surface area contributed by atoms with Crippen molar-refractivity contribution in [1.29, 1.82) is 0 Å². The van der Waals surface area contributed by atoms with Crippen LogP contribution >= 0.6 is 15.9 Å². The highest BCUT2D eigenvalue weighted by atomic mass is 79.9. The van der Waals surface area contributed by atoms with E-state index in [1.807, 2.05) is 0 Å². The Hall–Kier alpha value is -1.11. The van der Waals surface area contributed by atoms with Crippen LogP contribution in [0.1, 0.15) is 17.7 Å². The first-order valence-electron chi connectivity index (χ1n) is 4.15. The molecule has 0 unspecified atom stereocenters. The lowest BCUT2D eigenvalue weighted by molar-refractivity contribution is -0.139. The monoisotopic (exact) mass is 297 g/mol. The van der Waals surface area contributed by atoms with E-state index in [1.54, 1.807) is 0 Å². The molecule has 1 aromatic rings. The van der Waals surface area contributed by atoms with Crippen LogP contribution in [-0.2, 0) is 16.0 Å². The average molecular weight is 298 g/mol. The zero-order valence-corrected chi connectivity index (χ0v) is 9.72. The molecule has 1 rings (SSSR count). The maximum absolute atomic E-state index is 12.9. The van der Waals surface area contributed by atoms with Gasteiger partial charge < -0.3 is 4.74 Å². The Morgan fingerprint density at radius 2 is 2.25 bits per heavy atom. The average Bonchev–Trinajstić information content (AvgIpc) is 2.22. The fraction of sp³-hybridized carbons (Fsp3) is 0.333. The zero-order chi connectivity index (χ0) is 12.3. The highest BCUT2D eigenvalue weighted by Gasteiger charge is 2.19. The van der Waals surface area contributed by atoms with E-state index in [0.717, 1.165) is 13.2 Å². The van der Waals surface area contributed by atoms with E-state index in [-0.39, 0.29) is 16.5 Å². The molecule has 0 aromatic carbocycles. The van der Waals surface area contributed by atoms with Gasteiger partial charge in [0.25, 0.3) is 6.43 Å². The largest absolute Gasteiger partial charge is 0.469 e. The van der Waals surface area contributed by atoms with Crippen LogP contribution in [0, 0.1) is 5.95 Å². The number of alkyl halides is 2. The number of hydrogen-bond acceptors (Lipinski definition) is 3. The van der Waals surface area contributed by atoms with Gasteiger partial charge >= 0.3 is 5.97 Å². The van der Waals surface area contributed by atoms with Crippen molar-refractivity contribution in [2.24, 2.45) is 0 Å². The summed E-state index contributed by atoms with van der Waals surface area (Å²) in [6.45, 7) is 0. The minimum Gasteiger partial charge on any atom is -0.469 e. The Balaban J connectivity index is 3.14. The quantitative estimate of drug-likeness (QED) is 0.636. The van der Waals surface area contributed by atoms with Gasteiger partial charge in [0.15, 0.2) is 0 Å². The van der Waals surface area contributed by atoms with Crippen molar-refractivity contribution in [2.45, 2.75) is 12.8 Å². The lowest BCUT2D eigenvalue weighted by Crippen LogP contribution is -2.08. The number of pyridine rings is 1. The van der Waals surface area contributed by atoms with Gasteiger partial charge in [-0.15, -0.1) is 0 Å². The summed E-state index contributed by atoms with van der Waals surface area (Å²) in [5, 5.41) is 0. The minimum atomic E-state index is -2.92. The number of aromatic nitrogens is 1. The van der Waals surface area contributed by atoms with Gasteiger partial charge in [-0.25, -0.2) is 13.8 Å². The van der Waals surface area contributed by atoms with Crippen LogP contribution in [0.25, 0.3) is 0 Å². The number of hydrogen-bond donors (Lipinski definition) is 0. The van der Waals surface area contributed by atoms with Crippen molar-refractivity contribution in [1.82, 2.24) is 4.98 Å². The molecular weight excluding hydrogens is 291 g/mol. The number of halogens is 4. The number of carbonyl (C=O) groups excluding carboxylic acids is 1. The standard InChI is InChI=1S/C9H7BrF3NO2/c1-16-6(15)3-4-2-5(11)14-8(7(4)10)9(12)13/h2,9H,3H2,1H3. The summed E-state index contributed by atoms with van der Waals surface area (Å²) in [4.78, 5) is 14.0. The number of esters is 1. The highest BCUT2D eigenvalue weighted by molar-refractivity contribution is 9.10. The van der Waals surface area contributed by atoms with Crippen LogP contribution in [0.4, 0.5) is 13.2 Å². The smallest absolute Gasteiger partial charge is 0.310 e. The number of rotatable bonds is 3. The molecule has 0 aliphatic heterocycles. The van der Waals surface area contributed by atoms with E-state index in [1.165, 1.54) is 0 Å². The first-order chi connectivity index (χ1) is 7.45. The molecule has 1 heterocycles. The summed E-state index contributed by atoms with van der Waals surface area (Å²) in [6, 6.07) is 0.910. The van der Waals surface area contributed by atoms with Gasteiger partial charge in [0, 0.05) is 4.47 Å². The normalized spacial score (nSPS) is 10.6. The third-order valence-electron chi connectivity index (χ3n) is 1.80. The van der Waals surface area contributed by atoms with Gasteiger partial charge in [0.1, 0.15) is 5.69 Å². The van der Waals surface area contributed by atoms with Crippen LogP contribution in [0.15, 0.2) is 10.5 Å². The molecule has 7 heteroatoms. The van der Waals surface area contributed by atoms with Crippen molar-refractivity contribution >= 4 is 21.9 Å². The van der Waals surface area contributed by atoms with Crippen molar-refractivity contribution in [3.05, 3.63) is 27.7 Å². The second-order valence-corrected chi connectivity index (χ2v) is 3.65. The van der Waals surface area contributed by atoms with E-state index < -0.39 is 24.0 Å². The third-order valence-corrected chi connectivity index (χ3v) is 2.71. The molecule has 0 saturated carbocycles. The molecule has 0 saturated heterocycles. The van der Waals surface area contributed by atoms with E-state index in [0.29, 0.717) is 0 Å². The molecule has 0 bridgehead atoms. The predicted molar refractivity (Wildman–Crippen MR) is 52.6 cm³/mol. The number of carbonyl (C=O) groups is 1. The molecular formula is C9H7BrF3NO2. The van der Waals surface area contributed by atoms with Crippen LogP contribution in [0.3, 0.4) is 0 Å². The Labute approximate surface area is 97.8 Å². The molecule has 0 N–H and O–H groups in total. The Kier molecular flexibility index (Phi) is 4.28. The van der Waals surface area contributed by atoms with Crippen LogP contribution in [-0.4, -0.2) is 18.1 Å². The molecule has 16 heavy (non-hydrogen) atoms. The molecule has 1 aromatic heterocycles. The second-order valence-electron chi connectivity index (χ2n) is 2.86. The number of nitrogens with zero attached hydrogens (tertiary/aromatic N) is 1. The first-order valence-corrected chi connectivity index (χ1v) is 4.94. The van der Waals surface area contributed by atoms with Crippen molar-refractivity contribution < 1.29 is 22.7 Å². The van der Waals surface area contributed by atoms with Crippen LogP contribution in [0.5, 0.6) is 0 Å². The maximum Gasteiger partial charge on any atom is 0.310 e. The predicted octanol–water partition coefficient (Wildman–Crippen LogP) is 2.64. The first kappa shape index (κ1) is 13.0. The Bertz CT molecular complexity index is 412. The summed E-state index contributed by atoms with van der Waals surface area (Å²) in [7, 11) is 1.15. The van der Waals surface area contributed by atoms with Crippen molar-refractivity contribution in [3.63, 3.8) is 0 Å². The fourth-order valence-electron chi connectivity index (χ4n) is 1.07. The molecule has 88 valence electrons. The summed E-state index contributed by atoms with van der Waals surface area (Å²) < 4.78 is 42.1. The topological polar surface area (TPSA) is 39.2 Å². The van der Waals surface area contributed by atoms with Crippen LogP contribution < -0.4 is 0 Å². The third kappa shape index (κ3) is 2.94. The molecule has 0 radical (unpaired) electrons. The summed E-state index contributed by atoms with van der Waals surface area (Å²) in [6.07, 6.45) is -3.21. The lowest BCUT2D eigenvalue weighted by atomic mass is 10.1. The number of ether oxygens (including phenoxy) is 1. The summed E-state index contributed by atoms with van der Waals surface area (Å²) >= 11 is 2.86. The lowest BCUT2D eigenvalue weighted by Gasteiger charge is -2.08. The SMILES string of the molecule is COC(=O)Cc1cc(F)nc(C(F)F)c1Br. The van der Waals surface area contributed by atoms with Gasteiger partial charge in [-0.2, -0.15) is 4.39 Å². The van der Waals surface area contributed by atoms with Gasteiger partial charge in [-0.1, -0.05) is 0 Å². The van der Waals surface area contributed by atoms with E-state index in [4.69, 9.17) is 0 Å². The molecule has 0 atom stereocenters. The highest BCUT2D eigenvalue weighted by Crippen LogP contribution is 2.29. The molecule has 0 aliphatic rings. The Morgan fingerprint density at radius 3 is 2.75 bits per heavy atom. The minimum absolute atomic E-state index is 0.0747. The van der Waals surface area contributed by atoms with Gasteiger partial charge in [0.05, 0.1) is 13.5 Å².